The smallest absolute Gasteiger partial charge is 0.327 e. The molecule has 1 aromatic carbocycles. The molecule has 0 N–H and O–H groups in total. The maximum absolute atomic E-state index is 12.2. The van der Waals surface area contributed by atoms with Gasteiger partial charge in [0, 0.05) is 23.5 Å². The molecule has 26 heavy (non-hydrogen) atoms. The molecule has 134 valence electrons. The Balaban J connectivity index is 2.02. The second-order valence-corrected chi connectivity index (χ2v) is 6.57. The SMILES string of the molecule is Cc1ccccc1-c1c(-c2ccncc2)nnn1CC(=O)OCC(C)C. The predicted octanol–water partition coefficient (Wildman–Crippen LogP) is 3.51. The standard InChI is InChI=1S/C20H22N4O2/c1-14(2)13-26-18(25)12-24-20(17-7-5-4-6-15(17)3)19(22-23-24)16-8-10-21-11-9-16/h4-11,14H,12-13H2,1-3H3. The molecule has 6 nitrogen and oxygen atoms in total. The molecule has 0 unspecified atom stereocenters. The number of aromatic nitrogens is 4. The van der Waals surface area contributed by atoms with Crippen LogP contribution < -0.4 is 0 Å². The summed E-state index contributed by atoms with van der Waals surface area (Å²) < 4.78 is 6.92. The zero-order valence-electron chi connectivity index (χ0n) is 15.2. The fourth-order valence-electron chi connectivity index (χ4n) is 2.66. The number of rotatable bonds is 6. The first-order chi connectivity index (χ1) is 12.6. The highest BCUT2D eigenvalue weighted by molar-refractivity contribution is 5.80. The first-order valence-corrected chi connectivity index (χ1v) is 8.61. The summed E-state index contributed by atoms with van der Waals surface area (Å²) in [6.07, 6.45) is 3.43. The van der Waals surface area contributed by atoms with Gasteiger partial charge in [-0.15, -0.1) is 5.10 Å². The lowest BCUT2D eigenvalue weighted by atomic mass is 10.0. The van der Waals surface area contributed by atoms with E-state index in [0.29, 0.717) is 6.61 Å². The van der Waals surface area contributed by atoms with Crippen LogP contribution in [0.1, 0.15) is 19.4 Å². The van der Waals surface area contributed by atoms with Crippen molar-refractivity contribution in [1.82, 2.24) is 20.0 Å². The first-order valence-electron chi connectivity index (χ1n) is 8.61. The Hall–Kier alpha value is -3.02. The minimum atomic E-state index is -0.320. The molecule has 0 aliphatic carbocycles. The third kappa shape index (κ3) is 3.96. The van der Waals surface area contributed by atoms with Gasteiger partial charge >= 0.3 is 5.97 Å². The normalized spacial score (nSPS) is 10.9. The van der Waals surface area contributed by atoms with Crippen molar-refractivity contribution in [2.24, 2.45) is 5.92 Å². The van der Waals surface area contributed by atoms with Gasteiger partial charge in [-0.05, 0) is 30.5 Å². The van der Waals surface area contributed by atoms with Crippen molar-refractivity contribution >= 4 is 5.97 Å². The van der Waals surface area contributed by atoms with Gasteiger partial charge in [-0.2, -0.15) is 0 Å². The number of hydrogen-bond donors (Lipinski definition) is 0. The average Bonchev–Trinajstić information content (AvgIpc) is 3.04. The van der Waals surface area contributed by atoms with Gasteiger partial charge < -0.3 is 4.74 Å². The minimum Gasteiger partial charge on any atom is -0.464 e. The van der Waals surface area contributed by atoms with Crippen LogP contribution in [0, 0.1) is 12.8 Å². The zero-order valence-corrected chi connectivity index (χ0v) is 15.2. The highest BCUT2D eigenvalue weighted by Gasteiger charge is 2.20. The lowest BCUT2D eigenvalue weighted by molar-refractivity contribution is -0.145. The van der Waals surface area contributed by atoms with Gasteiger partial charge in [0.1, 0.15) is 12.2 Å². The van der Waals surface area contributed by atoms with Crippen LogP contribution in [0.3, 0.4) is 0 Å². The second-order valence-electron chi connectivity index (χ2n) is 6.57. The van der Waals surface area contributed by atoms with Crippen LogP contribution in [0.4, 0.5) is 0 Å². The molecule has 0 saturated heterocycles. The fourth-order valence-corrected chi connectivity index (χ4v) is 2.66. The van der Waals surface area contributed by atoms with Crippen LogP contribution in [-0.2, 0) is 16.1 Å². The van der Waals surface area contributed by atoms with E-state index in [0.717, 1.165) is 28.1 Å². The quantitative estimate of drug-likeness (QED) is 0.636. The molecule has 0 aliphatic rings. The summed E-state index contributed by atoms with van der Waals surface area (Å²) in [5, 5.41) is 8.55. The third-order valence-electron chi connectivity index (χ3n) is 3.95. The molecule has 2 heterocycles. The Morgan fingerprint density at radius 3 is 2.58 bits per heavy atom. The Bertz CT molecular complexity index is 888. The molecule has 0 saturated carbocycles. The Kier molecular flexibility index (Phi) is 5.41. The minimum absolute atomic E-state index is 0.0223. The summed E-state index contributed by atoms with van der Waals surface area (Å²) in [6.45, 7) is 6.45. The van der Waals surface area contributed by atoms with E-state index in [1.807, 2.05) is 57.2 Å². The molecular weight excluding hydrogens is 328 g/mol. The number of nitrogens with zero attached hydrogens (tertiary/aromatic N) is 4. The summed E-state index contributed by atoms with van der Waals surface area (Å²) in [7, 11) is 0. The number of carbonyl (C=O) groups is 1. The van der Waals surface area contributed by atoms with E-state index in [1.54, 1.807) is 17.1 Å². The van der Waals surface area contributed by atoms with Crippen molar-refractivity contribution in [3.05, 3.63) is 54.4 Å². The van der Waals surface area contributed by atoms with E-state index < -0.39 is 0 Å². The number of ether oxygens (including phenoxy) is 1. The molecule has 3 aromatic rings. The van der Waals surface area contributed by atoms with Crippen LogP contribution in [0.5, 0.6) is 0 Å². The zero-order chi connectivity index (χ0) is 18.5. The van der Waals surface area contributed by atoms with Crippen molar-refractivity contribution in [1.29, 1.82) is 0 Å². The van der Waals surface area contributed by atoms with Crippen molar-refractivity contribution < 1.29 is 9.53 Å². The molecule has 0 aliphatic heterocycles. The van der Waals surface area contributed by atoms with Gasteiger partial charge in [-0.1, -0.05) is 43.3 Å². The Morgan fingerprint density at radius 1 is 1.15 bits per heavy atom. The summed E-state index contributed by atoms with van der Waals surface area (Å²) in [5.74, 6) is -0.0300. The highest BCUT2D eigenvalue weighted by atomic mass is 16.5. The molecule has 0 amide bonds. The van der Waals surface area contributed by atoms with E-state index in [4.69, 9.17) is 4.74 Å². The molecule has 0 fully saturated rings. The molecule has 3 rings (SSSR count). The average molecular weight is 350 g/mol. The van der Waals surface area contributed by atoms with E-state index in [9.17, 15) is 4.79 Å². The van der Waals surface area contributed by atoms with E-state index in [2.05, 4.69) is 15.3 Å². The van der Waals surface area contributed by atoms with Crippen molar-refractivity contribution in [2.45, 2.75) is 27.3 Å². The van der Waals surface area contributed by atoms with Gasteiger partial charge in [0.25, 0.3) is 0 Å². The van der Waals surface area contributed by atoms with Gasteiger partial charge in [0.2, 0.25) is 0 Å². The molecule has 0 radical (unpaired) electrons. The van der Waals surface area contributed by atoms with Gasteiger partial charge in [-0.3, -0.25) is 9.78 Å². The van der Waals surface area contributed by atoms with Gasteiger partial charge in [0.15, 0.2) is 0 Å². The summed E-state index contributed by atoms with van der Waals surface area (Å²) >= 11 is 0. The van der Waals surface area contributed by atoms with E-state index in [1.165, 1.54) is 0 Å². The topological polar surface area (TPSA) is 69.9 Å². The maximum Gasteiger partial charge on any atom is 0.327 e. The van der Waals surface area contributed by atoms with Gasteiger partial charge in [-0.25, -0.2) is 4.68 Å². The second kappa shape index (κ2) is 7.91. The lowest BCUT2D eigenvalue weighted by Gasteiger charge is -2.11. The van der Waals surface area contributed by atoms with E-state index in [-0.39, 0.29) is 18.4 Å². The number of pyridine rings is 1. The molecule has 0 bridgehead atoms. The third-order valence-corrected chi connectivity index (χ3v) is 3.95. The van der Waals surface area contributed by atoms with Crippen molar-refractivity contribution in [3.8, 4) is 22.5 Å². The Morgan fingerprint density at radius 2 is 1.88 bits per heavy atom. The van der Waals surface area contributed by atoms with Crippen LogP contribution in [0.2, 0.25) is 0 Å². The molecule has 2 aromatic heterocycles. The van der Waals surface area contributed by atoms with Crippen LogP contribution >= 0.6 is 0 Å². The fraction of sp³-hybridized carbons (Fsp3) is 0.300. The molecule has 6 heteroatoms. The molecule has 0 atom stereocenters. The lowest BCUT2D eigenvalue weighted by Crippen LogP contribution is -2.18. The van der Waals surface area contributed by atoms with Crippen molar-refractivity contribution in [2.75, 3.05) is 6.61 Å². The molecule has 0 spiro atoms. The van der Waals surface area contributed by atoms with Gasteiger partial charge in [0.05, 0.1) is 12.3 Å². The van der Waals surface area contributed by atoms with Crippen LogP contribution in [-0.4, -0.2) is 32.6 Å². The first kappa shape index (κ1) is 17.8. The summed E-state index contributed by atoms with van der Waals surface area (Å²) in [4.78, 5) is 16.3. The van der Waals surface area contributed by atoms with E-state index >= 15 is 0 Å². The summed E-state index contributed by atoms with van der Waals surface area (Å²) in [6, 6.07) is 11.7. The number of esters is 1. The monoisotopic (exact) mass is 350 g/mol. The van der Waals surface area contributed by atoms with Crippen LogP contribution in [0.15, 0.2) is 48.8 Å². The number of benzene rings is 1. The number of hydrogen-bond acceptors (Lipinski definition) is 5. The highest BCUT2D eigenvalue weighted by Crippen LogP contribution is 2.31. The number of carbonyl (C=O) groups excluding carboxylic acids is 1. The molecular formula is C20H22N4O2. The maximum atomic E-state index is 12.2. The predicted molar refractivity (Wildman–Crippen MR) is 99.2 cm³/mol. The van der Waals surface area contributed by atoms with Crippen LogP contribution in [0.25, 0.3) is 22.5 Å². The largest absolute Gasteiger partial charge is 0.464 e. The Labute approximate surface area is 152 Å². The number of aryl methyl sites for hydroxylation is 1. The summed E-state index contributed by atoms with van der Waals surface area (Å²) in [5.41, 5.74) is 4.50. The van der Waals surface area contributed by atoms with Crippen molar-refractivity contribution in [3.63, 3.8) is 0 Å².